The van der Waals surface area contributed by atoms with E-state index >= 15 is 0 Å². The summed E-state index contributed by atoms with van der Waals surface area (Å²) in [6, 6.07) is 1.99. The van der Waals surface area contributed by atoms with E-state index < -0.39 is 0 Å². The molecule has 0 unspecified atom stereocenters. The lowest BCUT2D eigenvalue weighted by molar-refractivity contribution is 1.26. The summed E-state index contributed by atoms with van der Waals surface area (Å²) in [4.78, 5) is 3.90. The lowest BCUT2D eigenvalue weighted by atomic mass is 10.3. The first-order chi connectivity index (χ1) is 4.85. The van der Waals surface area contributed by atoms with Crippen LogP contribution >= 0.6 is 0 Å². The number of nitriles is 1. The van der Waals surface area contributed by atoms with Crippen LogP contribution in [0.2, 0.25) is 0 Å². The SMILES string of the molecule is C=CCN=C/C(C#N)=C\C. The van der Waals surface area contributed by atoms with Crippen LogP contribution in [0.5, 0.6) is 0 Å². The Morgan fingerprint density at radius 1 is 1.80 bits per heavy atom. The third-order valence-corrected chi connectivity index (χ3v) is 0.905. The normalized spacial score (nSPS) is 11.4. The molecule has 0 aromatic heterocycles. The van der Waals surface area contributed by atoms with E-state index in [0.717, 1.165) is 0 Å². The molecule has 0 saturated carbocycles. The lowest BCUT2D eigenvalue weighted by Gasteiger charge is -1.82. The molecule has 0 spiro atoms. The third-order valence-electron chi connectivity index (χ3n) is 0.905. The Morgan fingerprint density at radius 3 is 2.90 bits per heavy atom. The van der Waals surface area contributed by atoms with Gasteiger partial charge in [-0.1, -0.05) is 12.2 Å². The average Bonchev–Trinajstić information content (AvgIpc) is 1.99. The smallest absolute Gasteiger partial charge is 0.100 e. The number of hydrogen-bond donors (Lipinski definition) is 0. The summed E-state index contributed by atoms with van der Waals surface area (Å²) in [6.45, 7) is 5.87. The molecule has 52 valence electrons. The number of nitrogens with zero attached hydrogens (tertiary/aromatic N) is 2. The molecule has 0 aromatic rings. The van der Waals surface area contributed by atoms with E-state index in [-0.39, 0.29) is 0 Å². The highest BCUT2D eigenvalue weighted by atomic mass is 14.7. The zero-order valence-electron chi connectivity index (χ0n) is 6.04. The van der Waals surface area contributed by atoms with Gasteiger partial charge in [-0.05, 0) is 6.92 Å². The Morgan fingerprint density at radius 2 is 2.50 bits per heavy atom. The molecule has 0 N–H and O–H groups in total. The van der Waals surface area contributed by atoms with Crippen molar-refractivity contribution in [2.24, 2.45) is 4.99 Å². The molecular weight excluding hydrogens is 124 g/mol. The van der Waals surface area contributed by atoms with Crippen molar-refractivity contribution in [2.45, 2.75) is 6.92 Å². The van der Waals surface area contributed by atoms with Crippen LogP contribution in [0.4, 0.5) is 0 Å². The first-order valence-electron chi connectivity index (χ1n) is 3.02. The number of rotatable bonds is 3. The van der Waals surface area contributed by atoms with Gasteiger partial charge in [0.1, 0.15) is 6.07 Å². The van der Waals surface area contributed by atoms with Gasteiger partial charge in [-0.3, -0.25) is 4.99 Å². The van der Waals surface area contributed by atoms with Gasteiger partial charge in [0.15, 0.2) is 0 Å². The van der Waals surface area contributed by atoms with Crippen molar-refractivity contribution in [1.82, 2.24) is 0 Å². The standard InChI is InChI=1S/C8H10N2/c1-3-5-10-7-8(4-2)6-9/h3-4,7H,1,5H2,2H3/b8-4-,10-7?. The predicted molar refractivity (Wildman–Crippen MR) is 42.9 cm³/mol. The monoisotopic (exact) mass is 134 g/mol. The highest BCUT2D eigenvalue weighted by Gasteiger charge is 1.82. The summed E-state index contributed by atoms with van der Waals surface area (Å²) >= 11 is 0. The van der Waals surface area contributed by atoms with Gasteiger partial charge in [-0.25, -0.2) is 0 Å². The average molecular weight is 134 g/mol. The van der Waals surface area contributed by atoms with Crippen LogP contribution in [-0.2, 0) is 0 Å². The fraction of sp³-hybridized carbons (Fsp3) is 0.250. The fourth-order valence-electron chi connectivity index (χ4n) is 0.394. The van der Waals surface area contributed by atoms with Crippen LogP contribution in [0.25, 0.3) is 0 Å². The van der Waals surface area contributed by atoms with Gasteiger partial charge in [-0.15, -0.1) is 6.58 Å². The molecule has 0 aliphatic rings. The second kappa shape index (κ2) is 5.77. The van der Waals surface area contributed by atoms with Crippen LogP contribution in [-0.4, -0.2) is 12.8 Å². The zero-order chi connectivity index (χ0) is 7.82. The van der Waals surface area contributed by atoms with Crippen LogP contribution in [0.3, 0.4) is 0 Å². The molecular formula is C8H10N2. The Hall–Kier alpha value is -1.36. The minimum absolute atomic E-state index is 0.568. The maximum Gasteiger partial charge on any atom is 0.100 e. The maximum atomic E-state index is 8.39. The molecule has 0 radical (unpaired) electrons. The van der Waals surface area contributed by atoms with Gasteiger partial charge < -0.3 is 0 Å². The number of aliphatic imine (C=N–C) groups is 1. The number of hydrogen-bond acceptors (Lipinski definition) is 2. The van der Waals surface area contributed by atoms with Crippen molar-refractivity contribution in [3.63, 3.8) is 0 Å². The summed E-state index contributed by atoms with van der Waals surface area (Å²) in [5.74, 6) is 0. The molecule has 0 saturated heterocycles. The molecule has 0 rings (SSSR count). The van der Waals surface area contributed by atoms with Gasteiger partial charge in [0.05, 0.1) is 12.1 Å². The first-order valence-corrected chi connectivity index (χ1v) is 3.02. The maximum absolute atomic E-state index is 8.39. The molecule has 0 bridgehead atoms. The molecule has 0 aliphatic carbocycles. The second-order valence-corrected chi connectivity index (χ2v) is 1.64. The van der Waals surface area contributed by atoms with Crippen LogP contribution in [0.15, 0.2) is 29.3 Å². The van der Waals surface area contributed by atoms with Crippen molar-refractivity contribution >= 4 is 6.21 Å². The van der Waals surface area contributed by atoms with E-state index in [9.17, 15) is 0 Å². The minimum Gasteiger partial charge on any atom is -0.288 e. The minimum atomic E-state index is 0.568. The number of allylic oxidation sites excluding steroid dienone is 2. The van der Waals surface area contributed by atoms with Crippen molar-refractivity contribution < 1.29 is 0 Å². The van der Waals surface area contributed by atoms with Crippen molar-refractivity contribution in [1.29, 1.82) is 5.26 Å². The second-order valence-electron chi connectivity index (χ2n) is 1.64. The van der Waals surface area contributed by atoms with Crippen molar-refractivity contribution in [2.75, 3.05) is 6.54 Å². The highest BCUT2D eigenvalue weighted by molar-refractivity contribution is 5.83. The fourth-order valence-corrected chi connectivity index (χ4v) is 0.394. The van der Waals surface area contributed by atoms with Crippen molar-refractivity contribution in [3.05, 3.63) is 24.3 Å². The Kier molecular flexibility index (Phi) is 4.99. The van der Waals surface area contributed by atoms with Crippen molar-refractivity contribution in [3.8, 4) is 6.07 Å². The summed E-state index contributed by atoms with van der Waals surface area (Å²) in [6.07, 6.45) is 4.94. The van der Waals surface area contributed by atoms with E-state index in [2.05, 4.69) is 11.6 Å². The van der Waals surface area contributed by atoms with E-state index in [1.165, 1.54) is 0 Å². The Labute approximate surface area is 61.2 Å². The van der Waals surface area contributed by atoms with E-state index in [1.807, 2.05) is 6.07 Å². The largest absolute Gasteiger partial charge is 0.288 e. The van der Waals surface area contributed by atoms with Gasteiger partial charge in [0.25, 0.3) is 0 Å². The molecule has 0 heterocycles. The van der Waals surface area contributed by atoms with Crippen LogP contribution in [0.1, 0.15) is 6.92 Å². The van der Waals surface area contributed by atoms with Gasteiger partial charge in [0, 0.05) is 6.21 Å². The topological polar surface area (TPSA) is 36.1 Å². The Balaban J connectivity index is 3.89. The predicted octanol–water partition coefficient (Wildman–Crippen LogP) is 1.71. The molecule has 0 fully saturated rings. The summed E-state index contributed by atoms with van der Waals surface area (Å²) in [5.41, 5.74) is 0.585. The van der Waals surface area contributed by atoms with Gasteiger partial charge >= 0.3 is 0 Å². The Bertz CT molecular complexity index is 194. The van der Waals surface area contributed by atoms with E-state index in [0.29, 0.717) is 12.1 Å². The van der Waals surface area contributed by atoms with Crippen LogP contribution < -0.4 is 0 Å². The third kappa shape index (κ3) is 3.62. The molecule has 0 aromatic carbocycles. The molecule has 0 amide bonds. The van der Waals surface area contributed by atoms with E-state index in [1.54, 1.807) is 25.3 Å². The molecule has 2 heteroatoms. The first kappa shape index (κ1) is 8.64. The quantitative estimate of drug-likeness (QED) is 0.329. The molecule has 2 nitrogen and oxygen atoms in total. The van der Waals surface area contributed by atoms with Gasteiger partial charge in [0.2, 0.25) is 0 Å². The van der Waals surface area contributed by atoms with E-state index in [4.69, 9.17) is 5.26 Å². The molecule has 0 atom stereocenters. The van der Waals surface area contributed by atoms with Crippen LogP contribution in [0, 0.1) is 11.3 Å². The highest BCUT2D eigenvalue weighted by Crippen LogP contribution is 1.85. The van der Waals surface area contributed by atoms with Gasteiger partial charge in [-0.2, -0.15) is 5.26 Å². The lowest BCUT2D eigenvalue weighted by Crippen LogP contribution is -1.80. The summed E-state index contributed by atoms with van der Waals surface area (Å²) < 4.78 is 0. The molecule has 10 heavy (non-hydrogen) atoms. The summed E-state index contributed by atoms with van der Waals surface area (Å²) in [5, 5.41) is 8.39. The zero-order valence-corrected chi connectivity index (χ0v) is 6.04. The summed E-state index contributed by atoms with van der Waals surface area (Å²) in [7, 11) is 0. The molecule has 0 aliphatic heterocycles.